The van der Waals surface area contributed by atoms with Gasteiger partial charge >= 0.3 is 0 Å². The predicted molar refractivity (Wildman–Crippen MR) is 48.1 cm³/mol. The third-order valence-corrected chi connectivity index (χ3v) is 1.44. The van der Waals surface area contributed by atoms with Crippen LogP contribution in [-0.2, 0) is 9.47 Å². The number of ether oxygens (including phenoxy) is 2. The van der Waals surface area contributed by atoms with Crippen LogP contribution >= 0.6 is 0 Å². The van der Waals surface area contributed by atoms with Gasteiger partial charge in [0.25, 0.3) is 0 Å². The molecule has 0 heterocycles. The molecule has 1 unspecified atom stereocenters. The van der Waals surface area contributed by atoms with E-state index in [1.807, 2.05) is 6.92 Å². The van der Waals surface area contributed by atoms with E-state index in [1.165, 1.54) is 0 Å². The zero-order valence-corrected chi connectivity index (χ0v) is 7.66. The molecule has 3 heteroatoms. The van der Waals surface area contributed by atoms with E-state index in [0.29, 0.717) is 19.8 Å². The van der Waals surface area contributed by atoms with Gasteiger partial charge in [0.1, 0.15) is 0 Å². The Hall–Kier alpha value is -0.380. The van der Waals surface area contributed by atoms with Crippen LogP contribution in [0.25, 0.3) is 0 Å². The number of aliphatic hydroxyl groups excluding tert-OH is 1. The maximum absolute atomic E-state index is 8.50. The summed E-state index contributed by atoms with van der Waals surface area (Å²) in [7, 11) is 0. The van der Waals surface area contributed by atoms with Crippen LogP contribution in [0, 0.1) is 0 Å². The van der Waals surface area contributed by atoms with Gasteiger partial charge in [0.2, 0.25) is 0 Å². The smallest absolute Gasteiger partial charge is 0.0807 e. The highest BCUT2D eigenvalue weighted by atomic mass is 16.5. The summed E-state index contributed by atoms with van der Waals surface area (Å²) in [5.74, 6) is 0. The van der Waals surface area contributed by atoms with Crippen molar-refractivity contribution >= 4 is 0 Å². The lowest BCUT2D eigenvalue weighted by molar-refractivity contribution is -0.0235. The van der Waals surface area contributed by atoms with Gasteiger partial charge in [-0.2, -0.15) is 0 Å². The lowest BCUT2D eigenvalue weighted by atomic mass is 10.3. The summed E-state index contributed by atoms with van der Waals surface area (Å²) in [6, 6.07) is 0. The Kier molecular flexibility index (Phi) is 8.44. The summed E-state index contributed by atoms with van der Waals surface area (Å²) < 4.78 is 10.5. The van der Waals surface area contributed by atoms with Crippen molar-refractivity contribution in [2.45, 2.75) is 19.4 Å². The van der Waals surface area contributed by atoms with Crippen LogP contribution in [0.1, 0.15) is 13.3 Å². The number of rotatable bonds is 8. The fourth-order valence-corrected chi connectivity index (χ4v) is 0.786. The maximum Gasteiger partial charge on any atom is 0.0807 e. The molecule has 0 saturated heterocycles. The minimum atomic E-state index is 0.0674. The summed E-state index contributed by atoms with van der Waals surface area (Å²) in [6.07, 6.45) is 2.70. The lowest BCUT2D eigenvalue weighted by Crippen LogP contribution is -2.20. The summed E-state index contributed by atoms with van der Waals surface area (Å²) in [5, 5.41) is 8.50. The van der Waals surface area contributed by atoms with E-state index in [4.69, 9.17) is 14.6 Å². The zero-order valence-electron chi connectivity index (χ0n) is 7.66. The average Bonchev–Trinajstić information content (AvgIpc) is 2.11. The van der Waals surface area contributed by atoms with Crippen molar-refractivity contribution in [3.8, 4) is 0 Å². The molecule has 3 nitrogen and oxygen atoms in total. The molecule has 72 valence electrons. The standard InChI is InChI=1S/C9H18O3/c1-3-6-11-8-9(4-2)12-7-5-10/h3,9-10H,1,4-8H2,2H3. The van der Waals surface area contributed by atoms with Crippen molar-refractivity contribution < 1.29 is 14.6 Å². The Balaban J connectivity index is 3.32. The quantitative estimate of drug-likeness (QED) is 0.440. The Bertz CT molecular complexity index is 104. The molecule has 0 fully saturated rings. The van der Waals surface area contributed by atoms with Crippen LogP contribution in [0.4, 0.5) is 0 Å². The lowest BCUT2D eigenvalue weighted by Gasteiger charge is -2.14. The summed E-state index contributed by atoms with van der Waals surface area (Å²) >= 11 is 0. The van der Waals surface area contributed by atoms with Crippen molar-refractivity contribution in [1.29, 1.82) is 0 Å². The van der Waals surface area contributed by atoms with E-state index in [9.17, 15) is 0 Å². The van der Waals surface area contributed by atoms with Crippen molar-refractivity contribution in [3.05, 3.63) is 12.7 Å². The highest BCUT2D eigenvalue weighted by molar-refractivity contribution is 4.64. The highest BCUT2D eigenvalue weighted by Gasteiger charge is 2.04. The van der Waals surface area contributed by atoms with E-state index in [2.05, 4.69) is 6.58 Å². The van der Waals surface area contributed by atoms with Crippen LogP contribution in [0.5, 0.6) is 0 Å². The Morgan fingerprint density at radius 2 is 2.33 bits per heavy atom. The summed E-state index contributed by atoms with van der Waals surface area (Å²) in [6.45, 7) is 7.15. The number of hydrogen-bond donors (Lipinski definition) is 1. The fraction of sp³-hybridized carbons (Fsp3) is 0.778. The van der Waals surface area contributed by atoms with Crippen molar-refractivity contribution in [1.82, 2.24) is 0 Å². The molecule has 0 aliphatic rings. The molecule has 0 saturated carbocycles. The van der Waals surface area contributed by atoms with Crippen LogP contribution in [-0.4, -0.2) is 37.6 Å². The molecular formula is C9H18O3. The van der Waals surface area contributed by atoms with Gasteiger partial charge in [0, 0.05) is 0 Å². The molecule has 0 rings (SSSR count). The van der Waals surface area contributed by atoms with Gasteiger partial charge in [-0.1, -0.05) is 13.0 Å². The number of hydrogen-bond acceptors (Lipinski definition) is 3. The fourth-order valence-electron chi connectivity index (χ4n) is 0.786. The monoisotopic (exact) mass is 174 g/mol. The third-order valence-electron chi connectivity index (χ3n) is 1.44. The summed E-state index contributed by atoms with van der Waals surface area (Å²) in [4.78, 5) is 0. The molecule has 0 aliphatic heterocycles. The van der Waals surface area contributed by atoms with Gasteiger partial charge in [-0.15, -0.1) is 6.58 Å². The number of aliphatic hydroxyl groups is 1. The Labute approximate surface area is 74.0 Å². The second-order valence-electron chi connectivity index (χ2n) is 2.45. The first-order valence-corrected chi connectivity index (χ1v) is 4.26. The van der Waals surface area contributed by atoms with Crippen molar-refractivity contribution in [2.24, 2.45) is 0 Å². The van der Waals surface area contributed by atoms with E-state index in [-0.39, 0.29) is 12.7 Å². The van der Waals surface area contributed by atoms with Gasteiger partial charge in [0.05, 0.1) is 32.5 Å². The molecule has 1 atom stereocenters. The zero-order chi connectivity index (χ0) is 9.23. The molecule has 0 aliphatic carbocycles. The van der Waals surface area contributed by atoms with Gasteiger partial charge < -0.3 is 14.6 Å². The van der Waals surface area contributed by atoms with Gasteiger partial charge in [-0.25, -0.2) is 0 Å². The van der Waals surface area contributed by atoms with Crippen LogP contribution < -0.4 is 0 Å². The first kappa shape index (κ1) is 11.6. The molecule has 0 aromatic carbocycles. The van der Waals surface area contributed by atoms with E-state index >= 15 is 0 Å². The minimum absolute atomic E-state index is 0.0674. The molecule has 0 amide bonds. The van der Waals surface area contributed by atoms with Gasteiger partial charge in [-0.3, -0.25) is 0 Å². The first-order valence-electron chi connectivity index (χ1n) is 4.26. The second-order valence-corrected chi connectivity index (χ2v) is 2.45. The molecule has 1 N–H and O–H groups in total. The molecular weight excluding hydrogens is 156 g/mol. The topological polar surface area (TPSA) is 38.7 Å². The molecule has 0 aromatic heterocycles. The normalized spacial score (nSPS) is 12.8. The van der Waals surface area contributed by atoms with E-state index in [0.717, 1.165) is 6.42 Å². The molecule has 0 aromatic rings. The molecule has 0 radical (unpaired) electrons. The van der Waals surface area contributed by atoms with Crippen LogP contribution in [0.3, 0.4) is 0 Å². The highest BCUT2D eigenvalue weighted by Crippen LogP contribution is 1.98. The molecule has 0 spiro atoms. The average molecular weight is 174 g/mol. The Morgan fingerprint density at radius 1 is 1.58 bits per heavy atom. The molecule has 0 bridgehead atoms. The van der Waals surface area contributed by atoms with Crippen LogP contribution in [0.15, 0.2) is 12.7 Å². The van der Waals surface area contributed by atoms with Gasteiger partial charge in [0.15, 0.2) is 0 Å². The largest absolute Gasteiger partial charge is 0.394 e. The molecule has 12 heavy (non-hydrogen) atoms. The maximum atomic E-state index is 8.50. The SMILES string of the molecule is C=CCOCC(CC)OCCO. The predicted octanol–water partition coefficient (Wildman–Crippen LogP) is 0.976. The second kappa shape index (κ2) is 8.71. The minimum Gasteiger partial charge on any atom is -0.394 e. The van der Waals surface area contributed by atoms with Crippen molar-refractivity contribution in [3.63, 3.8) is 0 Å². The first-order chi connectivity index (χ1) is 5.85. The Morgan fingerprint density at radius 3 is 2.83 bits per heavy atom. The van der Waals surface area contributed by atoms with E-state index < -0.39 is 0 Å². The van der Waals surface area contributed by atoms with E-state index in [1.54, 1.807) is 6.08 Å². The van der Waals surface area contributed by atoms with Gasteiger partial charge in [-0.05, 0) is 6.42 Å². The van der Waals surface area contributed by atoms with Crippen molar-refractivity contribution in [2.75, 3.05) is 26.4 Å². The van der Waals surface area contributed by atoms with Crippen LogP contribution in [0.2, 0.25) is 0 Å². The third kappa shape index (κ3) is 6.34. The summed E-state index contributed by atoms with van der Waals surface area (Å²) in [5.41, 5.74) is 0.